The zero-order valence-corrected chi connectivity index (χ0v) is 18.6. The summed E-state index contributed by atoms with van der Waals surface area (Å²) < 4.78 is 38.9. The normalized spacial score (nSPS) is 12.1. The van der Waals surface area contributed by atoms with Gasteiger partial charge in [0.15, 0.2) is 0 Å². The molecular formula is C21H20Cl2F3N3O3. The van der Waals surface area contributed by atoms with Crippen molar-refractivity contribution in [3.8, 4) is 0 Å². The van der Waals surface area contributed by atoms with Crippen LogP contribution >= 0.6 is 23.2 Å². The van der Waals surface area contributed by atoms with E-state index >= 15 is 0 Å². The predicted molar refractivity (Wildman–Crippen MR) is 115 cm³/mol. The number of carbonyl (C=O) groups is 3. The predicted octanol–water partition coefficient (Wildman–Crippen LogP) is 4.68. The van der Waals surface area contributed by atoms with E-state index in [1.165, 1.54) is 20.0 Å². The van der Waals surface area contributed by atoms with Crippen molar-refractivity contribution in [3.05, 3.63) is 63.6 Å². The molecule has 0 saturated heterocycles. The Morgan fingerprint density at radius 2 is 1.69 bits per heavy atom. The second-order valence-corrected chi connectivity index (χ2v) is 7.84. The molecule has 2 aromatic rings. The quantitative estimate of drug-likeness (QED) is 0.592. The Balaban J connectivity index is 2.03. The van der Waals surface area contributed by atoms with Gasteiger partial charge in [0.25, 0.3) is 0 Å². The molecule has 1 atom stereocenters. The molecule has 0 fully saturated rings. The Hall–Kier alpha value is -2.78. The van der Waals surface area contributed by atoms with Crippen LogP contribution < -0.4 is 10.6 Å². The van der Waals surface area contributed by atoms with Crippen LogP contribution in [0.5, 0.6) is 0 Å². The number of amides is 3. The van der Waals surface area contributed by atoms with Crippen molar-refractivity contribution in [2.45, 2.75) is 25.6 Å². The number of hydrogen-bond acceptors (Lipinski definition) is 3. The summed E-state index contributed by atoms with van der Waals surface area (Å²) >= 11 is 11.4. The highest BCUT2D eigenvalue weighted by Gasteiger charge is 2.33. The average molecular weight is 490 g/mol. The third-order valence-corrected chi connectivity index (χ3v) is 4.97. The number of carbonyl (C=O) groups excluding carboxylic acids is 3. The summed E-state index contributed by atoms with van der Waals surface area (Å²) in [4.78, 5) is 37.5. The Labute approximate surface area is 192 Å². The van der Waals surface area contributed by atoms with Crippen LogP contribution in [-0.4, -0.2) is 36.2 Å². The standard InChI is InChI=1S/C21H20Cl2F3N3O3/c1-12(30)27-18(13-3-5-14(22)6-4-13)10-20(32)29(2)11-19(31)28-15-7-8-17(23)16(9-15)21(24,25)26/h3-9,18H,10-11H2,1-2H3,(H,27,30)(H,28,31). The molecule has 172 valence electrons. The molecule has 0 radical (unpaired) electrons. The van der Waals surface area contributed by atoms with Gasteiger partial charge in [0.2, 0.25) is 17.7 Å². The number of benzene rings is 2. The van der Waals surface area contributed by atoms with E-state index in [2.05, 4.69) is 10.6 Å². The Kier molecular flexibility index (Phi) is 8.51. The lowest BCUT2D eigenvalue weighted by molar-refractivity contribution is -0.137. The Bertz CT molecular complexity index is 998. The Morgan fingerprint density at radius 3 is 2.25 bits per heavy atom. The first-order valence-corrected chi connectivity index (χ1v) is 10.1. The molecule has 0 heterocycles. The van der Waals surface area contributed by atoms with E-state index in [0.29, 0.717) is 10.6 Å². The van der Waals surface area contributed by atoms with Crippen molar-refractivity contribution in [2.75, 3.05) is 18.9 Å². The van der Waals surface area contributed by atoms with Crippen LogP contribution in [0.3, 0.4) is 0 Å². The lowest BCUT2D eigenvalue weighted by Gasteiger charge is -2.22. The van der Waals surface area contributed by atoms with E-state index in [9.17, 15) is 27.6 Å². The van der Waals surface area contributed by atoms with Crippen LogP contribution in [0.4, 0.5) is 18.9 Å². The minimum Gasteiger partial charge on any atom is -0.349 e. The maximum Gasteiger partial charge on any atom is 0.417 e. The van der Waals surface area contributed by atoms with Gasteiger partial charge in [-0.25, -0.2) is 0 Å². The number of nitrogens with one attached hydrogen (secondary N) is 2. The third-order valence-electron chi connectivity index (χ3n) is 4.39. The first-order chi connectivity index (χ1) is 14.9. The van der Waals surface area contributed by atoms with Gasteiger partial charge in [-0.15, -0.1) is 0 Å². The van der Waals surface area contributed by atoms with Crippen molar-refractivity contribution in [2.24, 2.45) is 0 Å². The molecule has 0 saturated carbocycles. The molecule has 0 bridgehead atoms. The third kappa shape index (κ3) is 7.42. The fourth-order valence-corrected chi connectivity index (χ4v) is 3.20. The monoisotopic (exact) mass is 489 g/mol. The highest BCUT2D eigenvalue weighted by Crippen LogP contribution is 2.36. The number of anilines is 1. The van der Waals surface area contributed by atoms with E-state index in [1.54, 1.807) is 24.3 Å². The number of nitrogens with zero attached hydrogens (tertiary/aromatic N) is 1. The van der Waals surface area contributed by atoms with Crippen LogP contribution in [0.1, 0.15) is 30.5 Å². The van der Waals surface area contributed by atoms with Gasteiger partial charge < -0.3 is 15.5 Å². The van der Waals surface area contributed by atoms with Gasteiger partial charge in [0.1, 0.15) is 0 Å². The lowest BCUT2D eigenvalue weighted by Crippen LogP contribution is -2.38. The summed E-state index contributed by atoms with van der Waals surface area (Å²) in [6.07, 6.45) is -4.81. The average Bonchev–Trinajstić information content (AvgIpc) is 2.68. The van der Waals surface area contributed by atoms with E-state index in [1.807, 2.05) is 0 Å². The van der Waals surface area contributed by atoms with Crippen molar-refractivity contribution < 1.29 is 27.6 Å². The summed E-state index contributed by atoms with van der Waals surface area (Å²) in [6.45, 7) is 0.905. The molecule has 32 heavy (non-hydrogen) atoms. The molecule has 1 unspecified atom stereocenters. The van der Waals surface area contributed by atoms with Crippen LogP contribution in [0.2, 0.25) is 10.0 Å². The van der Waals surface area contributed by atoms with Gasteiger partial charge in [-0.05, 0) is 35.9 Å². The minimum atomic E-state index is -4.68. The zero-order chi connectivity index (χ0) is 24.1. The molecule has 3 amide bonds. The minimum absolute atomic E-state index is 0.107. The molecule has 2 aromatic carbocycles. The maximum atomic E-state index is 13.0. The zero-order valence-electron chi connectivity index (χ0n) is 17.1. The van der Waals surface area contributed by atoms with Crippen molar-refractivity contribution in [3.63, 3.8) is 0 Å². The van der Waals surface area contributed by atoms with Gasteiger partial charge in [0.05, 0.1) is 29.6 Å². The summed E-state index contributed by atoms with van der Waals surface area (Å²) in [5.41, 5.74) is -0.538. The smallest absolute Gasteiger partial charge is 0.349 e. The number of hydrogen-bond donors (Lipinski definition) is 2. The van der Waals surface area contributed by atoms with Gasteiger partial charge in [-0.1, -0.05) is 35.3 Å². The van der Waals surface area contributed by atoms with Crippen LogP contribution in [0.15, 0.2) is 42.5 Å². The fourth-order valence-electron chi connectivity index (χ4n) is 2.85. The molecule has 0 aliphatic heterocycles. The van der Waals surface area contributed by atoms with E-state index in [0.717, 1.165) is 17.0 Å². The summed E-state index contributed by atoms with van der Waals surface area (Å²) in [7, 11) is 1.37. The number of alkyl halides is 3. The topological polar surface area (TPSA) is 78.5 Å². The largest absolute Gasteiger partial charge is 0.417 e. The highest BCUT2D eigenvalue weighted by atomic mass is 35.5. The molecule has 2 rings (SSSR count). The van der Waals surface area contributed by atoms with Gasteiger partial charge in [0, 0.05) is 24.7 Å². The van der Waals surface area contributed by atoms with Gasteiger partial charge in [-0.2, -0.15) is 13.2 Å². The van der Waals surface area contributed by atoms with Gasteiger partial charge in [-0.3, -0.25) is 14.4 Å². The molecule has 2 N–H and O–H groups in total. The van der Waals surface area contributed by atoms with Gasteiger partial charge >= 0.3 is 6.18 Å². The molecule has 0 aliphatic carbocycles. The lowest BCUT2D eigenvalue weighted by atomic mass is 10.0. The first kappa shape index (κ1) is 25.5. The van der Waals surface area contributed by atoms with Crippen molar-refractivity contribution in [1.29, 1.82) is 0 Å². The maximum absolute atomic E-state index is 13.0. The summed E-state index contributed by atoms with van der Waals surface area (Å²) in [5, 5.41) is 4.99. The highest BCUT2D eigenvalue weighted by molar-refractivity contribution is 6.31. The summed E-state index contributed by atoms with van der Waals surface area (Å²) in [6, 6.07) is 8.90. The van der Waals surface area contributed by atoms with E-state index < -0.39 is 41.2 Å². The second-order valence-electron chi connectivity index (χ2n) is 7.00. The SMILES string of the molecule is CC(=O)NC(CC(=O)N(C)CC(=O)Nc1ccc(Cl)c(C(F)(F)F)c1)c1ccc(Cl)cc1. The molecule has 0 aromatic heterocycles. The Morgan fingerprint density at radius 1 is 1.06 bits per heavy atom. The number of halogens is 5. The molecule has 0 spiro atoms. The number of rotatable bonds is 7. The van der Waals surface area contributed by atoms with Crippen molar-refractivity contribution >= 4 is 46.6 Å². The van der Waals surface area contributed by atoms with E-state index in [-0.39, 0.29) is 18.0 Å². The molecule has 11 heteroatoms. The van der Waals surface area contributed by atoms with Crippen LogP contribution in [0.25, 0.3) is 0 Å². The molecule has 6 nitrogen and oxygen atoms in total. The first-order valence-electron chi connectivity index (χ1n) is 9.30. The molecule has 0 aliphatic rings. The van der Waals surface area contributed by atoms with Crippen LogP contribution in [0, 0.1) is 0 Å². The second kappa shape index (κ2) is 10.7. The van der Waals surface area contributed by atoms with E-state index in [4.69, 9.17) is 23.2 Å². The van der Waals surface area contributed by atoms with Crippen LogP contribution in [-0.2, 0) is 20.6 Å². The summed E-state index contributed by atoms with van der Waals surface area (Å²) in [5.74, 6) is -1.50. The molecular weight excluding hydrogens is 470 g/mol. The fraction of sp³-hybridized carbons (Fsp3) is 0.286. The van der Waals surface area contributed by atoms with Crippen molar-refractivity contribution in [1.82, 2.24) is 10.2 Å². The number of likely N-dealkylation sites (N-methyl/N-ethyl adjacent to an activating group) is 1.